The van der Waals surface area contributed by atoms with E-state index in [9.17, 15) is 17.2 Å². The van der Waals surface area contributed by atoms with Gasteiger partial charge in [0.2, 0.25) is 0 Å². The Labute approximate surface area is 88.3 Å². The van der Waals surface area contributed by atoms with Gasteiger partial charge in [0, 0.05) is 6.54 Å². The second kappa shape index (κ2) is 4.71. The Bertz CT molecular complexity index is 300. The summed E-state index contributed by atoms with van der Waals surface area (Å²) in [6.45, 7) is 0.356. The highest BCUT2D eigenvalue weighted by molar-refractivity contribution is 7.89. The Hall–Kier alpha value is -0.270. The number of halogens is 2. The summed E-state index contributed by atoms with van der Waals surface area (Å²) in [5.74, 6) is -3.37. The van der Waals surface area contributed by atoms with Gasteiger partial charge in [-0.3, -0.25) is 0 Å². The van der Waals surface area contributed by atoms with Crippen molar-refractivity contribution in [1.82, 2.24) is 4.72 Å². The van der Waals surface area contributed by atoms with Crippen LogP contribution in [0.5, 0.6) is 0 Å². The first kappa shape index (κ1) is 12.8. The van der Waals surface area contributed by atoms with E-state index >= 15 is 0 Å². The van der Waals surface area contributed by atoms with Crippen molar-refractivity contribution in [3.63, 3.8) is 0 Å². The minimum Gasteiger partial charge on any atom is -0.330 e. The molecule has 0 aliphatic heterocycles. The summed E-state index contributed by atoms with van der Waals surface area (Å²) in [6.07, 6.45) is 3.56. The van der Waals surface area contributed by atoms with Crippen LogP contribution in [-0.4, -0.2) is 27.3 Å². The molecule has 1 saturated carbocycles. The molecule has 0 aromatic heterocycles. The van der Waals surface area contributed by atoms with Gasteiger partial charge in [-0.05, 0) is 24.8 Å². The second-order valence-electron chi connectivity index (χ2n) is 4.04. The molecule has 0 atom stereocenters. The van der Waals surface area contributed by atoms with E-state index in [0.29, 0.717) is 6.54 Å². The molecule has 1 rings (SSSR count). The molecule has 0 aromatic carbocycles. The fraction of sp³-hybridized carbons (Fsp3) is 1.00. The standard InChI is InChI=1S/C8H16F2N2O2S/c9-7(10)15(13,14)12-6-8(5-11)3-1-2-4-8/h7,12H,1-6,11H2. The fourth-order valence-corrected chi connectivity index (χ4v) is 2.53. The number of nitrogens with one attached hydrogen (secondary N) is 1. The molecule has 0 spiro atoms. The molecular weight excluding hydrogens is 226 g/mol. The van der Waals surface area contributed by atoms with Crippen LogP contribution in [0, 0.1) is 5.41 Å². The first-order valence-corrected chi connectivity index (χ1v) is 6.43. The molecule has 0 aromatic rings. The summed E-state index contributed by atoms with van der Waals surface area (Å²) >= 11 is 0. The van der Waals surface area contributed by atoms with Crippen LogP contribution in [0.2, 0.25) is 0 Å². The largest absolute Gasteiger partial charge is 0.350 e. The van der Waals surface area contributed by atoms with Crippen LogP contribution in [0.15, 0.2) is 0 Å². The van der Waals surface area contributed by atoms with Gasteiger partial charge in [0.1, 0.15) is 0 Å². The quantitative estimate of drug-likeness (QED) is 0.743. The lowest BCUT2D eigenvalue weighted by molar-refractivity contribution is 0.229. The lowest BCUT2D eigenvalue weighted by atomic mass is 9.87. The summed E-state index contributed by atoms with van der Waals surface area (Å²) in [7, 11) is -4.47. The first-order chi connectivity index (χ1) is 6.92. The van der Waals surface area contributed by atoms with Gasteiger partial charge in [0.05, 0.1) is 0 Å². The highest BCUT2D eigenvalue weighted by Crippen LogP contribution is 2.36. The highest BCUT2D eigenvalue weighted by atomic mass is 32.2. The van der Waals surface area contributed by atoms with E-state index in [4.69, 9.17) is 5.73 Å². The average molecular weight is 242 g/mol. The zero-order valence-corrected chi connectivity index (χ0v) is 9.19. The lowest BCUT2D eigenvalue weighted by Gasteiger charge is -2.27. The van der Waals surface area contributed by atoms with E-state index < -0.39 is 15.8 Å². The molecule has 0 unspecified atom stereocenters. The molecule has 0 saturated heterocycles. The normalized spacial score (nSPS) is 21.1. The average Bonchev–Trinajstić information content (AvgIpc) is 2.64. The topological polar surface area (TPSA) is 72.2 Å². The first-order valence-electron chi connectivity index (χ1n) is 4.89. The SMILES string of the molecule is NCC1(CNS(=O)(=O)C(F)F)CCCC1. The van der Waals surface area contributed by atoms with Gasteiger partial charge in [-0.2, -0.15) is 8.78 Å². The van der Waals surface area contributed by atoms with Gasteiger partial charge >= 0.3 is 5.76 Å². The molecule has 1 aliphatic rings. The third-order valence-corrected chi connectivity index (χ3v) is 4.00. The summed E-state index contributed by atoms with van der Waals surface area (Å²) in [4.78, 5) is 0. The smallest absolute Gasteiger partial charge is 0.330 e. The van der Waals surface area contributed by atoms with Crippen molar-refractivity contribution in [2.45, 2.75) is 31.4 Å². The number of nitrogens with two attached hydrogens (primary N) is 1. The van der Waals surface area contributed by atoms with E-state index in [1.807, 2.05) is 4.72 Å². The molecule has 0 amide bonds. The van der Waals surface area contributed by atoms with Crippen molar-refractivity contribution in [3.8, 4) is 0 Å². The van der Waals surface area contributed by atoms with E-state index in [1.165, 1.54) is 0 Å². The maximum atomic E-state index is 12.0. The fourth-order valence-electron chi connectivity index (χ4n) is 1.89. The molecule has 3 N–H and O–H groups in total. The van der Waals surface area contributed by atoms with Gasteiger partial charge in [0.15, 0.2) is 0 Å². The van der Waals surface area contributed by atoms with Crippen molar-refractivity contribution in [1.29, 1.82) is 0 Å². The van der Waals surface area contributed by atoms with E-state index in [1.54, 1.807) is 0 Å². The van der Waals surface area contributed by atoms with Crippen molar-refractivity contribution < 1.29 is 17.2 Å². The van der Waals surface area contributed by atoms with Gasteiger partial charge in [-0.25, -0.2) is 13.1 Å². The molecule has 1 aliphatic carbocycles. The third kappa shape index (κ3) is 3.09. The summed E-state index contributed by atoms with van der Waals surface area (Å²) < 4.78 is 47.7. The van der Waals surface area contributed by atoms with Crippen molar-refractivity contribution in [3.05, 3.63) is 0 Å². The second-order valence-corrected chi connectivity index (χ2v) is 5.77. The van der Waals surface area contributed by atoms with Gasteiger partial charge in [0.25, 0.3) is 10.0 Å². The van der Waals surface area contributed by atoms with Crippen LogP contribution in [0.4, 0.5) is 8.78 Å². The minimum atomic E-state index is -4.47. The highest BCUT2D eigenvalue weighted by Gasteiger charge is 2.35. The maximum absolute atomic E-state index is 12.0. The molecule has 0 radical (unpaired) electrons. The maximum Gasteiger partial charge on any atom is 0.350 e. The Morgan fingerprint density at radius 3 is 2.27 bits per heavy atom. The van der Waals surface area contributed by atoms with E-state index in [2.05, 4.69) is 0 Å². The Morgan fingerprint density at radius 1 is 1.33 bits per heavy atom. The number of alkyl halides is 2. The van der Waals surface area contributed by atoms with E-state index in [0.717, 1.165) is 25.7 Å². The summed E-state index contributed by atoms with van der Waals surface area (Å²) in [5.41, 5.74) is 5.23. The lowest BCUT2D eigenvalue weighted by Crippen LogP contribution is -2.42. The van der Waals surface area contributed by atoms with Crippen LogP contribution < -0.4 is 10.5 Å². The third-order valence-electron chi connectivity index (χ3n) is 2.98. The predicted molar refractivity (Wildman–Crippen MR) is 52.9 cm³/mol. The van der Waals surface area contributed by atoms with Crippen LogP contribution >= 0.6 is 0 Å². The Balaban J connectivity index is 2.55. The summed E-state index contributed by atoms with van der Waals surface area (Å²) in [5, 5.41) is 0. The predicted octanol–water partition coefficient (Wildman–Crippen LogP) is 0.647. The zero-order chi connectivity index (χ0) is 11.5. The molecule has 1 fully saturated rings. The molecule has 0 bridgehead atoms. The Morgan fingerprint density at radius 2 is 1.87 bits per heavy atom. The van der Waals surface area contributed by atoms with Crippen molar-refractivity contribution in [2.24, 2.45) is 11.1 Å². The molecule has 90 valence electrons. The molecule has 15 heavy (non-hydrogen) atoms. The van der Waals surface area contributed by atoms with Crippen LogP contribution in [0.1, 0.15) is 25.7 Å². The van der Waals surface area contributed by atoms with E-state index in [-0.39, 0.29) is 12.0 Å². The molecule has 0 heterocycles. The van der Waals surface area contributed by atoms with Gasteiger partial charge in [-0.15, -0.1) is 0 Å². The monoisotopic (exact) mass is 242 g/mol. The number of hydrogen-bond donors (Lipinski definition) is 2. The van der Waals surface area contributed by atoms with Crippen LogP contribution in [0.3, 0.4) is 0 Å². The number of hydrogen-bond acceptors (Lipinski definition) is 3. The number of sulfonamides is 1. The Kier molecular flexibility index (Phi) is 4.02. The van der Waals surface area contributed by atoms with Crippen LogP contribution in [0.25, 0.3) is 0 Å². The van der Waals surface area contributed by atoms with Crippen molar-refractivity contribution >= 4 is 10.0 Å². The minimum absolute atomic E-state index is 0.0240. The molecular formula is C8H16F2N2O2S. The summed E-state index contributed by atoms with van der Waals surface area (Å²) in [6, 6.07) is 0. The van der Waals surface area contributed by atoms with Crippen molar-refractivity contribution in [2.75, 3.05) is 13.1 Å². The van der Waals surface area contributed by atoms with Gasteiger partial charge < -0.3 is 5.73 Å². The number of rotatable bonds is 5. The van der Waals surface area contributed by atoms with Gasteiger partial charge in [-0.1, -0.05) is 12.8 Å². The molecule has 7 heteroatoms. The van der Waals surface area contributed by atoms with Crippen LogP contribution in [-0.2, 0) is 10.0 Å². The zero-order valence-electron chi connectivity index (χ0n) is 8.38. The molecule has 4 nitrogen and oxygen atoms in total.